The first-order valence-electron chi connectivity index (χ1n) is 4.89. The van der Waals surface area contributed by atoms with Gasteiger partial charge in [-0.15, -0.1) is 19.0 Å². The van der Waals surface area contributed by atoms with Gasteiger partial charge in [0.15, 0.2) is 0 Å². The number of nitrogens with two attached hydrogens (primary N) is 1. The second-order valence-corrected chi connectivity index (χ2v) is 4.27. The third-order valence-corrected chi connectivity index (χ3v) is 2.77. The van der Waals surface area contributed by atoms with Gasteiger partial charge in [0.05, 0.1) is 7.11 Å². The van der Waals surface area contributed by atoms with E-state index in [0.717, 1.165) is 28.6 Å². The lowest BCUT2D eigenvalue weighted by Crippen LogP contribution is -2.11. The van der Waals surface area contributed by atoms with Crippen molar-refractivity contribution < 1.29 is 4.74 Å². The van der Waals surface area contributed by atoms with Gasteiger partial charge in [-0.05, 0) is 25.0 Å². The van der Waals surface area contributed by atoms with Gasteiger partial charge in [-0.25, -0.2) is 0 Å². The molecule has 1 rings (SSSR count). The van der Waals surface area contributed by atoms with Gasteiger partial charge in [0.2, 0.25) is 0 Å². The van der Waals surface area contributed by atoms with Crippen LogP contribution in [0, 0.1) is 0 Å². The quantitative estimate of drug-likeness (QED) is 0.839. The first-order chi connectivity index (χ1) is 7.19. The second kappa shape index (κ2) is 7.71. The number of rotatable bonds is 5. The molecule has 0 aromatic heterocycles. The minimum atomic E-state index is 0. The summed E-state index contributed by atoms with van der Waals surface area (Å²) in [5.41, 5.74) is 7.11. The molecule has 0 spiro atoms. The van der Waals surface area contributed by atoms with Gasteiger partial charge < -0.3 is 10.5 Å². The Balaban J connectivity index is 0.00000225. The highest BCUT2D eigenvalue weighted by molar-refractivity contribution is 9.10. The summed E-state index contributed by atoms with van der Waals surface area (Å²) in [5.74, 6) is 0.834. The monoisotopic (exact) mass is 305 g/mol. The van der Waals surface area contributed by atoms with Crippen molar-refractivity contribution in [2.24, 2.45) is 5.73 Å². The van der Waals surface area contributed by atoms with Crippen molar-refractivity contribution in [2.45, 2.75) is 18.9 Å². The molecule has 4 heteroatoms. The van der Waals surface area contributed by atoms with Crippen molar-refractivity contribution >= 4 is 28.3 Å². The maximum atomic E-state index is 6.06. The fourth-order valence-electron chi connectivity index (χ4n) is 1.44. The predicted octanol–water partition coefficient (Wildman–Crippen LogP) is 3.85. The van der Waals surface area contributed by atoms with Crippen LogP contribution in [0.2, 0.25) is 0 Å². The summed E-state index contributed by atoms with van der Waals surface area (Å²) in [6, 6.07) is 5.91. The van der Waals surface area contributed by atoms with Crippen molar-refractivity contribution in [3.63, 3.8) is 0 Å². The number of allylic oxidation sites excluding steroid dienone is 1. The molecule has 0 radical (unpaired) electrons. The molecule has 0 fully saturated rings. The minimum Gasteiger partial charge on any atom is -0.496 e. The maximum absolute atomic E-state index is 6.06. The summed E-state index contributed by atoms with van der Waals surface area (Å²) < 4.78 is 6.29. The van der Waals surface area contributed by atoms with Crippen LogP contribution in [-0.4, -0.2) is 7.11 Å². The summed E-state index contributed by atoms with van der Waals surface area (Å²) in [5, 5.41) is 0. The number of ether oxygens (including phenoxy) is 1. The molecular weight excluding hydrogens is 289 g/mol. The summed E-state index contributed by atoms with van der Waals surface area (Å²) in [7, 11) is 1.66. The zero-order chi connectivity index (χ0) is 11.3. The molecule has 1 atom stereocenters. The van der Waals surface area contributed by atoms with Crippen LogP contribution in [-0.2, 0) is 0 Å². The van der Waals surface area contributed by atoms with Gasteiger partial charge in [-0.1, -0.05) is 28.1 Å². The van der Waals surface area contributed by atoms with E-state index in [1.165, 1.54) is 0 Å². The summed E-state index contributed by atoms with van der Waals surface area (Å²) in [4.78, 5) is 0. The summed E-state index contributed by atoms with van der Waals surface area (Å²) in [6.07, 6.45) is 3.69. The molecule has 0 aliphatic carbocycles. The van der Waals surface area contributed by atoms with E-state index in [9.17, 15) is 0 Å². The molecule has 1 aromatic carbocycles. The first kappa shape index (κ1) is 15.5. The maximum Gasteiger partial charge on any atom is 0.124 e. The molecule has 0 saturated heterocycles. The zero-order valence-corrected chi connectivity index (χ0v) is 11.7. The minimum absolute atomic E-state index is 0. The Morgan fingerprint density at radius 3 is 2.81 bits per heavy atom. The van der Waals surface area contributed by atoms with E-state index in [-0.39, 0.29) is 18.4 Å². The number of hydrogen-bond donors (Lipinski definition) is 1. The van der Waals surface area contributed by atoms with Crippen molar-refractivity contribution in [1.82, 2.24) is 0 Å². The SMILES string of the molecule is C=CCC[C@H](N)c1ccc(Br)cc1OC.Cl. The van der Waals surface area contributed by atoms with E-state index >= 15 is 0 Å². The lowest BCUT2D eigenvalue weighted by Gasteiger charge is -2.15. The highest BCUT2D eigenvalue weighted by Gasteiger charge is 2.11. The third-order valence-electron chi connectivity index (χ3n) is 2.28. The van der Waals surface area contributed by atoms with E-state index in [4.69, 9.17) is 10.5 Å². The van der Waals surface area contributed by atoms with Crippen LogP contribution in [0.1, 0.15) is 24.4 Å². The van der Waals surface area contributed by atoms with Crippen molar-refractivity contribution in [3.8, 4) is 5.75 Å². The summed E-state index contributed by atoms with van der Waals surface area (Å²) in [6.45, 7) is 3.69. The van der Waals surface area contributed by atoms with Gasteiger partial charge in [-0.2, -0.15) is 0 Å². The standard InChI is InChI=1S/C12H16BrNO.ClH/c1-3-4-5-11(14)10-7-6-9(13)8-12(10)15-2;/h3,6-8,11H,1,4-5,14H2,2H3;1H/t11-;/m0./s1. The molecule has 90 valence electrons. The van der Waals surface area contributed by atoms with Crippen molar-refractivity contribution in [2.75, 3.05) is 7.11 Å². The van der Waals surface area contributed by atoms with Gasteiger partial charge in [-0.3, -0.25) is 0 Å². The second-order valence-electron chi connectivity index (χ2n) is 3.36. The molecule has 0 heterocycles. The van der Waals surface area contributed by atoms with Crippen LogP contribution >= 0.6 is 28.3 Å². The highest BCUT2D eigenvalue weighted by Crippen LogP contribution is 2.29. The molecule has 16 heavy (non-hydrogen) atoms. The molecular formula is C12H17BrClNO. The lowest BCUT2D eigenvalue weighted by atomic mass is 10.0. The van der Waals surface area contributed by atoms with Crippen LogP contribution in [0.4, 0.5) is 0 Å². The Kier molecular flexibility index (Phi) is 7.47. The Morgan fingerprint density at radius 2 is 2.25 bits per heavy atom. The van der Waals surface area contributed by atoms with E-state index in [1.807, 2.05) is 24.3 Å². The van der Waals surface area contributed by atoms with Crippen LogP contribution < -0.4 is 10.5 Å². The van der Waals surface area contributed by atoms with Gasteiger partial charge >= 0.3 is 0 Å². The zero-order valence-electron chi connectivity index (χ0n) is 9.28. The molecule has 1 aromatic rings. The third kappa shape index (κ3) is 4.16. The topological polar surface area (TPSA) is 35.2 Å². The number of benzene rings is 1. The number of hydrogen-bond acceptors (Lipinski definition) is 2. The van der Waals surface area contributed by atoms with E-state index in [0.29, 0.717) is 0 Å². The predicted molar refractivity (Wildman–Crippen MR) is 74.3 cm³/mol. The van der Waals surface area contributed by atoms with Crippen LogP contribution in [0.25, 0.3) is 0 Å². The molecule has 0 bridgehead atoms. The van der Waals surface area contributed by atoms with Crippen LogP contribution in [0.5, 0.6) is 5.75 Å². The Morgan fingerprint density at radius 1 is 1.56 bits per heavy atom. The lowest BCUT2D eigenvalue weighted by molar-refractivity contribution is 0.404. The fourth-order valence-corrected chi connectivity index (χ4v) is 1.78. The number of methoxy groups -OCH3 is 1. The van der Waals surface area contributed by atoms with E-state index in [1.54, 1.807) is 7.11 Å². The molecule has 0 amide bonds. The Labute approximate surface area is 111 Å². The van der Waals surface area contributed by atoms with Gasteiger partial charge in [0, 0.05) is 16.1 Å². The smallest absolute Gasteiger partial charge is 0.124 e. The Hall–Kier alpha value is -0.510. The molecule has 0 aliphatic heterocycles. The number of halogens is 2. The highest BCUT2D eigenvalue weighted by atomic mass is 79.9. The van der Waals surface area contributed by atoms with Gasteiger partial charge in [0.1, 0.15) is 5.75 Å². The summed E-state index contributed by atoms with van der Waals surface area (Å²) >= 11 is 3.40. The van der Waals surface area contributed by atoms with Crippen molar-refractivity contribution in [3.05, 3.63) is 40.9 Å². The van der Waals surface area contributed by atoms with E-state index in [2.05, 4.69) is 22.5 Å². The van der Waals surface area contributed by atoms with Crippen molar-refractivity contribution in [1.29, 1.82) is 0 Å². The average Bonchev–Trinajstić information content (AvgIpc) is 2.25. The molecule has 2 N–H and O–H groups in total. The average molecular weight is 307 g/mol. The molecule has 0 aliphatic rings. The van der Waals surface area contributed by atoms with E-state index < -0.39 is 0 Å². The normalized spacial score (nSPS) is 11.4. The largest absolute Gasteiger partial charge is 0.496 e. The molecule has 2 nitrogen and oxygen atoms in total. The molecule has 0 unspecified atom stereocenters. The van der Waals surface area contributed by atoms with Gasteiger partial charge in [0.25, 0.3) is 0 Å². The molecule has 0 saturated carbocycles. The first-order valence-corrected chi connectivity index (χ1v) is 5.68. The Bertz CT molecular complexity index is 344. The fraction of sp³-hybridized carbons (Fsp3) is 0.333. The van der Waals surface area contributed by atoms with Crippen LogP contribution in [0.15, 0.2) is 35.3 Å². The van der Waals surface area contributed by atoms with Crippen LogP contribution in [0.3, 0.4) is 0 Å².